The fourth-order valence-corrected chi connectivity index (χ4v) is 2.18. The van der Waals surface area contributed by atoms with Gasteiger partial charge in [-0.3, -0.25) is 5.32 Å². The quantitative estimate of drug-likeness (QED) is 0.809. The number of hydrogen-bond acceptors (Lipinski definition) is 3. The Balaban J connectivity index is 2.52. The van der Waals surface area contributed by atoms with Crippen molar-refractivity contribution < 1.29 is 14.6 Å². The smallest absolute Gasteiger partial charge is 0.328 e. The van der Waals surface area contributed by atoms with Crippen LogP contribution in [0.3, 0.4) is 0 Å². The van der Waals surface area contributed by atoms with Gasteiger partial charge in [-0.25, -0.2) is 4.79 Å². The summed E-state index contributed by atoms with van der Waals surface area (Å²) < 4.78 is 5.47. The van der Waals surface area contributed by atoms with Crippen LogP contribution in [0.25, 0.3) is 0 Å². The average molecular weight is 221 g/mol. The summed E-state index contributed by atoms with van der Waals surface area (Å²) in [6.45, 7) is 2.94. The highest BCUT2D eigenvalue weighted by atomic mass is 16.5. The molecule has 1 aliphatic heterocycles. The van der Waals surface area contributed by atoms with Crippen molar-refractivity contribution in [1.29, 1.82) is 0 Å². The van der Waals surface area contributed by atoms with Crippen LogP contribution in [0, 0.1) is 0 Å². The average Bonchev–Trinajstić information content (AvgIpc) is 2.29. The molecule has 86 valence electrons. The maximum atomic E-state index is 11.5. The Kier molecular flexibility index (Phi) is 2.83. The first-order valence-electron chi connectivity index (χ1n) is 5.41. The number of carboxylic acids is 1. The van der Waals surface area contributed by atoms with Gasteiger partial charge in [0, 0.05) is 12.0 Å². The third kappa shape index (κ3) is 1.55. The van der Waals surface area contributed by atoms with E-state index < -0.39 is 11.5 Å². The number of fused-ring (bicyclic) bond motifs is 1. The van der Waals surface area contributed by atoms with Crippen LogP contribution >= 0.6 is 0 Å². The molecule has 0 fully saturated rings. The van der Waals surface area contributed by atoms with Crippen molar-refractivity contribution >= 4 is 5.97 Å². The minimum absolute atomic E-state index is 0.427. The second-order valence-electron chi connectivity index (χ2n) is 3.84. The normalized spacial score (nSPS) is 23.3. The molecule has 1 unspecified atom stereocenters. The molecular weight excluding hydrogens is 206 g/mol. The molecule has 16 heavy (non-hydrogen) atoms. The molecule has 1 atom stereocenters. The van der Waals surface area contributed by atoms with Gasteiger partial charge in [0.25, 0.3) is 0 Å². The molecule has 2 N–H and O–H groups in total. The Morgan fingerprint density at radius 1 is 1.56 bits per heavy atom. The first kappa shape index (κ1) is 11.0. The van der Waals surface area contributed by atoms with Crippen LogP contribution < -0.4 is 10.1 Å². The van der Waals surface area contributed by atoms with Crippen molar-refractivity contribution in [1.82, 2.24) is 5.32 Å². The number of aliphatic carboxylic acids is 1. The monoisotopic (exact) mass is 221 g/mol. The Morgan fingerprint density at radius 2 is 2.31 bits per heavy atom. The van der Waals surface area contributed by atoms with E-state index in [-0.39, 0.29) is 0 Å². The summed E-state index contributed by atoms with van der Waals surface area (Å²) in [6, 6.07) is 7.31. The summed E-state index contributed by atoms with van der Waals surface area (Å²) in [5, 5.41) is 12.5. The number of nitrogens with one attached hydrogen (secondary N) is 1. The summed E-state index contributed by atoms with van der Waals surface area (Å²) in [5.41, 5.74) is -0.278. The van der Waals surface area contributed by atoms with E-state index in [0.717, 1.165) is 5.56 Å². The fourth-order valence-electron chi connectivity index (χ4n) is 2.18. The zero-order valence-electron chi connectivity index (χ0n) is 9.19. The third-order valence-electron chi connectivity index (χ3n) is 2.93. The zero-order valence-corrected chi connectivity index (χ0v) is 9.19. The molecule has 0 aromatic heterocycles. The van der Waals surface area contributed by atoms with E-state index in [0.29, 0.717) is 25.3 Å². The van der Waals surface area contributed by atoms with E-state index in [1.54, 1.807) is 0 Å². The zero-order chi connectivity index (χ0) is 11.6. The van der Waals surface area contributed by atoms with Gasteiger partial charge >= 0.3 is 5.97 Å². The summed E-state index contributed by atoms with van der Waals surface area (Å²) in [4.78, 5) is 11.5. The lowest BCUT2D eigenvalue weighted by Gasteiger charge is -2.35. The molecule has 2 rings (SSSR count). The minimum atomic E-state index is -0.996. The molecule has 0 saturated heterocycles. The highest BCUT2D eigenvalue weighted by Gasteiger charge is 2.43. The highest BCUT2D eigenvalue weighted by molar-refractivity contribution is 5.82. The van der Waals surface area contributed by atoms with Crippen LogP contribution in [-0.4, -0.2) is 24.2 Å². The number of likely N-dealkylation sites (N-methyl/N-ethyl adjacent to an activating group) is 1. The van der Waals surface area contributed by atoms with Crippen LogP contribution in [-0.2, 0) is 10.3 Å². The van der Waals surface area contributed by atoms with Crippen LogP contribution in [0.15, 0.2) is 24.3 Å². The van der Waals surface area contributed by atoms with Crippen LogP contribution in [0.2, 0.25) is 0 Å². The number of para-hydroxylation sites is 1. The SMILES string of the molecule is CCNC1(C(=O)O)CCOc2ccccc21. The topological polar surface area (TPSA) is 58.6 Å². The molecule has 1 aliphatic rings. The van der Waals surface area contributed by atoms with Crippen LogP contribution in [0.5, 0.6) is 5.75 Å². The van der Waals surface area contributed by atoms with Crippen molar-refractivity contribution in [3.8, 4) is 5.75 Å². The molecule has 0 saturated carbocycles. The number of hydrogen-bond donors (Lipinski definition) is 2. The van der Waals surface area contributed by atoms with Gasteiger partial charge in [-0.05, 0) is 12.6 Å². The molecule has 1 aromatic rings. The molecule has 0 amide bonds. The third-order valence-corrected chi connectivity index (χ3v) is 2.93. The highest BCUT2D eigenvalue weighted by Crippen LogP contribution is 2.36. The Morgan fingerprint density at radius 3 is 3.00 bits per heavy atom. The maximum absolute atomic E-state index is 11.5. The van der Waals surface area contributed by atoms with Gasteiger partial charge in [-0.15, -0.1) is 0 Å². The minimum Gasteiger partial charge on any atom is -0.493 e. The second-order valence-corrected chi connectivity index (χ2v) is 3.84. The van der Waals surface area contributed by atoms with Crippen LogP contribution in [0.1, 0.15) is 18.9 Å². The van der Waals surface area contributed by atoms with Crippen molar-refractivity contribution in [2.75, 3.05) is 13.2 Å². The molecule has 4 nitrogen and oxygen atoms in total. The summed E-state index contributed by atoms with van der Waals surface area (Å²) in [5.74, 6) is -0.179. The molecule has 0 spiro atoms. The molecule has 0 bridgehead atoms. The number of carbonyl (C=O) groups is 1. The lowest BCUT2D eigenvalue weighted by Crippen LogP contribution is -2.52. The fraction of sp³-hybridized carbons (Fsp3) is 0.417. The maximum Gasteiger partial charge on any atom is 0.328 e. The van der Waals surface area contributed by atoms with E-state index in [1.807, 2.05) is 31.2 Å². The number of ether oxygens (including phenoxy) is 1. The molecule has 0 radical (unpaired) electrons. The molecule has 4 heteroatoms. The standard InChI is InChI=1S/C12H15NO3/c1-2-13-12(11(14)15)7-8-16-10-6-4-3-5-9(10)12/h3-6,13H,2,7-8H2,1H3,(H,14,15). The Bertz CT molecular complexity index is 405. The molecule has 0 aliphatic carbocycles. The van der Waals surface area contributed by atoms with Gasteiger partial charge in [-0.2, -0.15) is 0 Å². The Labute approximate surface area is 94.2 Å². The van der Waals surface area contributed by atoms with Crippen molar-refractivity contribution in [3.05, 3.63) is 29.8 Å². The lowest BCUT2D eigenvalue weighted by atomic mass is 9.84. The van der Waals surface area contributed by atoms with Crippen molar-refractivity contribution in [2.45, 2.75) is 18.9 Å². The first-order valence-corrected chi connectivity index (χ1v) is 5.41. The predicted octanol–water partition coefficient (Wildman–Crippen LogP) is 1.36. The number of carboxylic acid groups (broad SMARTS) is 1. The van der Waals surface area contributed by atoms with Gasteiger partial charge in [-0.1, -0.05) is 25.1 Å². The first-order chi connectivity index (χ1) is 7.70. The van der Waals surface area contributed by atoms with Gasteiger partial charge in [0.2, 0.25) is 0 Å². The summed E-state index contributed by atoms with van der Waals surface area (Å²) >= 11 is 0. The van der Waals surface area contributed by atoms with E-state index in [4.69, 9.17) is 4.74 Å². The van der Waals surface area contributed by atoms with E-state index in [9.17, 15) is 9.90 Å². The summed E-state index contributed by atoms with van der Waals surface area (Å²) in [7, 11) is 0. The second kappa shape index (κ2) is 4.14. The van der Waals surface area contributed by atoms with Crippen LogP contribution in [0.4, 0.5) is 0 Å². The van der Waals surface area contributed by atoms with Gasteiger partial charge < -0.3 is 9.84 Å². The van der Waals surface area contributed by atoms with E-state index >= 15 is 0 Å². The lowest BCUT2D eigenvalue weighted by molar-refractivity contribution is -0.146. The molecule has 1 heterocycles. The van der Waals surface area contributed by atoms with E-state index in [2.05, 4.69) is 5.32 Å². The van der Waals surface area contributed by atoms with E-state index in [1.165, 1.54) is 0 Å². The number of benzene rings is 1. The Hall–Kier alpha value is -1.55. The largest absolute Gasteiger partial charge is 0.493 e. The number of rotatable bonds is 3. The van der Waals surface area contributed by atoms with Gasteiger partial charge in [0.1, 0.15) is 11.3 Å². The summed E-state index contributed by atoms with van der Waals surface area (Å²) in [6.07, 6.45) is 0.452. The molecular formula is C12H15NO3. The van der Waals surface area contributed by atoms with Crippen molar-refractivity contribution in [3.63, 3.8) is 0 Å². The van der Waals surface area contributed by atoms with Gasteiger partial charge in [0.05, 0.1) is 6.61 Å². The van der Waals surface area contributed by atoms with Crippen molar-refractivity contribution in [2.24, 2.45) is 0 Å². The predicted molar refractivity (Wildman–Crippen MR) is 59.5 cm³/mol. The van der Waals surface area contributed by atoms with Gasteiger partial charge in [0.15, 0.2) is 0 Å². The molecule has 1 aromatic carbocycles.